The molecular formula is C18H22F3NO2. The van der Waals surface area contributed by atoms with Crippen LogP contribution in [0.5, 0.6) is 0 Å². The maximum absolute atomic E-state index is 12.7. The van der Waals surface area contributed by atoms with E-state index in [4.69, 9.17) is 0 Å². The number of likely N-dealkylation sites (tertiary alicyclic amines) is 1. The van der Waals surface area contributed by atoms with Gasteiger partial charge >= 0.3 is 6.18 Å². The van der Waals surface area contributed by atoms with E-state index >= 15 is 0 Å². The molecule has 1 aliphatic rings. The summed E-state index contributed by atoms with van der Waals surface area (Å²) in [6.45, 7) is 3.26. The Morgan fingerprint density at radius 2 is 2.00 bits per heavy atom. The van der Waals surface area contributed by atoms with Gasteiger partial charge in [-0.25, -0.2) is 0 Å². The lowest BCUT2D eigenvalue weighted by Gasteiger charge is -2.39. The number of hydrogen-bond donors (Lipinski definition) is 1. The molecule has 1 fully saturated rings. The number of halogens is 3. The van der Waals surface area contributed by atoms with Crippen LogP contribution in [0.25, 0.3) is 6.08 Å². The monoisotopic (exact) mass is 341 g/mol. The van der Waals surface area contributed by atoms with Crippen molar-refractivity contribution in [2.75, 3.05) is 19.7 Å². The molecule has 2 rings (SSSR count). The number of alkyl halides is 3. The zero-order valence-electron chi connectivity index (χ0n) is 13.6. The second kappa shape index (κ2) is 7.38. The number of hydrogen-bond acceptors (Lipinski definition) is 2. The second-order valence-electron chi connectivity index (χ2n) is 6.29. The van der Waals surface area contributed by atoms with Gasteiger partial charge in [0.05, 0.1) is 5.56 Å². The summed E-state index contributed by atoms with van der Waals surface area (Å²) in [5.74, 6) is -0.213. The molecule has 132 valence electrons. The molecule has 1 aromatic carbocycles. The van der Waals surface area contributed by atoms with Crippen LogP contribution < -0.4 is 0 Å². The molecule has 0 atom stereocenters. The van der Waals surface area contributed by atoms with E-state index < -0.39 is 11.7 Å². The highest BCUT2D eigenvalue weighted by Gasteiger charge is 2.33. The van der Waals surface area contributed by atoms with Crippen molar-refractivity contribution in [1.82, 2.24) is 4.90 Å². The first-order valence-electron chi connectivity index (χ1n) is 8.05. The molecular weight excluding hydrogens is 319 g/mol. The Labute approximate surface area is 139 Å². The fourth-order valence-electron chi connectivity index (χ4n) is 2.92. The first kappa shape index (κ1) is 18.5. The van der Waals surface area contributed by atoms with Crippen LogP contribution in [0.2, 0.25) is 0 Å². The van der Waals surface area contributed by atoms with E-state index in [-0.39, 0.29) is 17.9 Å². The summed E-state index contributed by atoms with van der Waals surface area (Å²) in [6.07, 6.45) is 0.672. The quantitative estimate of drug-likeness (QED) is 0.848. The third kappa shape index (κ3) is 4.38. The van der Waals surface area contributed by atoms with Crippen molar-refractivity contribution in [2.45, 2.75) is 32.4 Å². The maximum atomic E-state index is 12.7. The number of aliphatic hydroxyl groups is 1. The molecule has 1 aliphatic heterocycles. The van der Waals surface area contributed by atoms with Crippen LogP contribution in [-0.2, 0) is 11.0 Å². The van der Waals surface area contributed by atoms with Gasteiger partial charge in [-0.3, -0.25) is 4.79 Å². The fourth-order valence-corrected chi connectivity index (χ4v) is 2.92. The predicted molar refractivity (Wildman–Crippen MR) is 86.1 cm³/mol. The van der Waals surface area contributed by atoms with Crippen molar-refractivity contribution in [3.8, 4) is 0 Å². The minimum atomic E-state index is -4.39. The van der Waals surface area contributed by atoms with Crippen molar-refractivity contribution in [3.05, 3.63) is 41.5 Å². The molecule has 6 heteroatoms. The number of aliphatic hydroxyl groups excluding tert-OH is 1. The lowest BCUT2D eigenvalue weighted by molar-refractivity contribution is -0.137. The van der Waals surface area contributed by atoms with Crippen molar-refractivity contribution in [1.29, 1.82) is 0 Å². The number of nitrogens with zero attached hydrogens (tertiary/aromatic N) is 1. The first-order valence-corrected chi connectivity index (χ1v) is 8.05. The van der Waals surface area contributed by atoms with Crippen LogP contribution in [0.1, 0.15) is 37.3 Å². The van der Waals surface area contributed by atoms with E-state index in [0.29, 0.717) is 18.7 Å². The van der Waals surface area contributed by atoms with Crippen molar-refractivity contribution >= 4 is 12.0 Å². The van der Waals surface area contributed by atoms with E-state index in [1.807, 2.05) is 6.92 Å². The Kier molecular flexibility index (Phi) is 5.70. The minimum absolute atomic E-state index is 0.110. The average molecular weight is 341 g/mol. The summed E-state index contributed by atoms with van der Waals surface area (Å²) in [7, 11) is 0. The molecule has 0 unspecified atom stereocenters. The Morgan fingerprint density at radius 3 is 2.54 bits per heavy atom. The van der Waals surface area contributed by atoms with Gasteiger partial charge < -0.3 is 10.0 Å². The highest BCUT2D eigenvalue weighted by Crippen LogP contribution is 2.34. The standard InChI is InChI=1S/C18H22F3NO2/c1-2-17(13-23)8-10-22(11-9-17)16(24)7-6-14-4-3-5-15(12-14)18(19,20)21/h3-7,12,23H,2,8-11,13H2,1H3/b7-6+. The highest BCUT2D eigenvalue weighted by molar-refractivity contribution is 5.91. The number of benzene rings is 1. The maximum Gasteiger partial charge on any atom is 0.416 e. The van der Waals surface area contributed by atoms with Gasteiger partial charge in [-0.1, -0.05) is 19.1 Å². The zero-order valence-corrected chi connectivity index (χ0v) is 13.6. The number of amides is 1. The van der Waals surface area contributed by atoms with E-state index in [1.54, 1.807) is 4.90 Å². The predicted octanol–water partition coefficient (Wildman–Crippen LogP) is 3.73. The summed E-state index contributed by atoms with van der Waals surface area (Å²) < 4.78 is 38.0. The molecule has 3 nitrogen and oxygen atoms in total. The van der Waals surface area contributed by atoms with Gasteiger partial charge in [0.25, 0.3) is 0 Å². The molecule has 0 saturated carbocycles. The van der Waals surface area contributed by atoms with Crippen LogP contribution in [0, 0.1) is 5.41 Å². The van der Waals surface area contributed by atoms with E-state index in [9.17, 15) is 23.1 Å². The molecule has 0 aromatic heterocycles. The van der Waals surface area contributed by atoms with E-state index in [0.717, 1.165) is 31.4 Å². The van der Waals surface area contributed by atoms with E-state index in [2.05, 4.69) is 0 Å². The molecule has 0 radical (unpaired) electrons. The van der Waals surface area contributed by atoms with Gasteiger partial charge in [0.2, 0.25) is 5.91 Å². The van der Waals surface area contributed by atoms with Gasteiger partial charge in [0.1, 0.15) is 0 Å². The van der Waals surface area contributed by atoms with E-state index in [1.165, 1.54) is 24.3 Å². The zero-order chi connectivity index (χ0) is 17.8. The molecule has 1 N–H and O–H groups in total. The van der Waals surface area contributed by atoms with Gasteiger partial charge in [-0.15, -0.1) is 0 Å². The minimum Gasteiger partial charge on any atom is -0.396 e. The SMILES string of the molecule is CCC1(CO)CCN(C(=O)/C=C/c2cccc(C(F)(F)F)c2)CC1. The normalized spacial score (nSPS) is 18.1. The summed E-state index contributed by atoms with van der Waals surface area (Å²) in [6, 6.07) is 4.88. The molecule has 1 heterocycles. The van der Waals surface area contributed by atoms with Gasteiger partial charge in [0, 0.05) is 25.8 Å². The molecule has 24 heavy (non-hydrogen) atoms. The number of piperidine rings is 1. The lowest BCUT2D eigenvalue weighted by atomic mass is 9.77. The largest absolute Gasteiger partial charge is 0.416 e. The fraction of sp³-hybridized carbons (Fsp3) is 0.500. The molecule has 0 spiro atoms. The Morgan fingerprint density at radius 1 is 1.33 bits per heavy atom. The van der Waals surface area contributed by atoms with Crippen molar-refractivity contribution in [3.63, 3.8) is 0 Å². The van der Waals surface area contributed by atoms with Crippen LogP contribution in [-0.4, -0.2) is 35.6 Å². The molecule has 1 aromatic rings. The Bertz CT molecular complexity index is 597. The average Bonchev–Trinajstić information content (AvgIpc) is 2.59. The number of carbonyl (C=O) groups excluding carboxylic acids is 1. The van der Waals surface area contributed by atoms with Crippen LogP contribution in [0.3, 0.4) is 0 Å². The first-order chi connectivity index (χ1) is 11.3. The van der Waals surface area contributed by atoms with Gasteiger partial charge in [0.15, 0.2) is 0 Å². The molecule has 0 aliphatic carbocycles. The summed E-state index contributed by atoms with van der Waals surface area (Å²) in [4.78, 5) is 13.9. The van der Waals surface area contributed by atoms with Gasteiger partial charge in [-0.2, -0.15) is 13.2 Å². The van der Waals surface area contributed by atoms with Gasteiger partial charge in [-0.05, 0) is 48.4 Å². The Hall–Kier alpha value is -1.82. The van der Waals surface area contributed by atoms with Crippen LogP contribution in [0.15, 0.2) is 30.3 Å². The third-order valence-corrected chi connectivity index (χ3v) is 4.85. The Balaban J connectivity index is 1.99. The summed E-state index contributed by atoms with van der Waals surface area (Å²) in [5, 5.41) is 9.50. The smallest absolute Gasteiger partial charge is 0.396 e. The summed E-state index contributed by atoms with van der Waals surface area (Å²) in [5.41, 5.74) is -0.499. The molecule has 1 saturated heterocycles. The molecule has 1 amide bonds. The van der Waals surface area contributed by atoms with Crippen LogP contribution in [0.4, 0.5) is 13.2 Å². The second-order valence-corrected chi connectivity index (χ2v) is 6.29. The number of rotatable bonds is 4. The number of carbonyl (C=O) groups is 1. The van der Waals surface area contributed by atoms with Crippen LogP contribution >= 0.6 is 0 Å². The van der Waals surface area contributed by atoms with Crippen molar-refractivity contribution in [2.24, 2.45) is 5.41 Å². The highest BCUT2D eigenvalue weighted by atomic mass is 19.4. The van der Waals surface area contributed by atoms with Crippen molar-refractivity contribution < 1.29 is 23.1 Å². The molecule has 0 bridgehead atoms. The third-order valence-electron chi connectivity index (χ3n) is 4.85. The summed E-state index contributed by atoms with van der Waals surface area (Å²) >= 11 is 0. The topological polar surface area (TPSA) is 40.5 Å². The lowest BCUT2D eigenvalue weighted by Crippen LogP contribution is -2.43.